The van der Waals surface area contributed by atoms with Crippen molar-refractivity contribution in [3.8, 4) is 0 Å². The fraction of sp³-hybridized carbons (Fsp3) is 0.500. The molecule has 1 nitrogen and oxygen atoms in total. The number of likely N-dealkylation sites (tertiary alicyclic amines) is 1. The summed E-state index contributed by atoms with van der Waals surface area (Å²) in [5.41, 5.74) is 2.73. The summed E-state index contributed by atoms with van der Waals surface area (Å²) in [5, 5.41) is 0. The third-order valence-corrected chi connectivity index (χ3v) is 3.66. The number of hydrogen-bond donors (Lipinski definition) is 0. The highest BCUT2D eigenvalue weighted by molar-refractivity contribution is 5.48. The molecule has 0 amide bonds. The molecule has 1 aromatic carbocycles. The number of piperidine rings is 1. The van der Waals surface area contributed by atoms with E-state index in [2.05, 4.69) is 42.7 Å². The second kappa shape index (κ2) is 6.02. The smallest absolute Gasteiger partial charge is 0.00503 e. The molecular weight excluding hydrogens is 206 g/mol. The minimum atomic E-state index is 0.718. The standard InChI is InChI=1S/C16H23N/c1-3-10-17-11-6-9-16(13-17)15-8-5-7-14(4-2)12-15/h4-5,7-8,12,16H,2-3,6,9-11,13H2,1H3/t16-/m1/s1. The zero-order valence-electron chi connectivity index (χ0n) is 10.9. The average molecular weight is 229 g/mol. The van der Waals surface area contributed by atoms with E-state index in [1.54, 1.807) is 0 Å². The van der Waals surface area contributed by atoms with Gasteiger partial charge in [0.25, 0.3) is 0 Å². The Labute approximate surface area is 105 Å². The molecule has 1 saturated heterocycles. The molecule has 1 heterocycles. The van der Waals surface area contributed by atoms with E-state index in [4.69, 9.17) is 0 Å². The molecule has 92 valence electrons. The van der Waals surface area contributed by atoms with Gasteiger partial charge in [0.1, 0.15) is 0 Å². The summed E-state index contributed by atoms with van der Waals surface area (Å²) in [6, 6.07) is 8.86. The van der Waals surface area contributed by atoms with Gasteiger partial charge in [0.15, 0.2) is 0 Å². The third kappa shape index (κ3) is 3.19. The van der Waals surface area contributed by atoms with Crippen molar-refractivity contribution < 1.29 is 0 Å². The Morgan fingerprint density at radius 3 is 3.12 bits per heavy atom. The summed E-state index contributed by atoms with van der Waals surface area (Å²) in [5.74, 6) is 0.718. The van der Waals surface area contributed by atoms with E-state index < -0.39 is 0 Å². The first-order valence-corrected chi connectivity index (χ1v) is 6.78. The Morgan fingerprint density at radius 2 is 2.35 bits per heavy atom. The summed E-state index contributed by atoms with van der Waals surface area (Å²) in [7, 11) is 0. The van der Waals surface area contributed by atoms with Crippen molar-refractivity contribution >= 4 is 6.08 Å². The third-order valence-electron chi connectivity index (χ3n) is 3.66. The van der Waals surface area contributed by atoms with Gasteiger partial charge in [-0.05, 0) is 49.4 Å². The van der Waals surface area contributed by atoms with Crippen LogP contribution in [0.15, 0.2) is 30.8 Å². The molecule has 1 aromatic rings. The molecule has 1 aliphatic heterocycles. The molecular formula is C16H23N. The summed E-state index contributed by atoms with van der Waals surface area (Å²) in [6.07, 6.45) is 5.87. The molecule has 0 unspecified atom stereocenters. The van der Waals surface area contributed by atoms with Gasteiger partial charge in [0, 0.05) is 6.54 Å². The predicted molar refractivity (Wildman–Crippen MR) is 75.2 cm³/mol. The van der Waals surface area contributed by atoms with Crippen LogP contribution in [0.4, 0.5) is 0 Å². The fourth-order valence-electron chi connectivity index (χ4n) is 2.79. The Balaban J connectivity index is 2.07. The predicted octanol–water partition coefficient (Wildman–Crippen LogP) is 3.92. The second-order valence-electron chi connectivity index (χ2n) is 5.01. The van der Waals surface area contributed by atoms with Crippen molar-refractivity contribution in [2.75, 3.05) is 19.6 Å². The van der Waals surface area contributed by atoms with Crippen LogP contribution in [0, 0.1) is 0 Å². The lowest BCUT2D eigenvalue weighted by Gasteiger charge is -2.32. The monoisotopic (exact) mass is 229 g/mol. The van der Waals surface area contributed by atoms with Crippen molar-refractivity contribution in [3.63, 3.8) is 0 Å². The normalized spacial score (nSPS) is 21.4. The van der Waals surface area contributed by atoms with Crippen LogP contribution in [-0.2, 0) is 0 Å². The molecule has 0 spiro atoms. The first-order chi connectivity index (χ1) is 8.33. The molecule has 0 aromatic heterocycles. The maximum Gasteiger partial charge on any atom is 0.00503 e. The van der Waals surface area contributed by atoms with Crippen LogP contribution in [-0.4, -0.2) is 24.5 Å². The quantitative estimate of drug-likeness (QED) is 0.756. The number of rotatable bonds is 4. The van der Waals surface area contributed by atoms with Crippen molar-refractivity contribution in [2.45, 2.75) is 32.1 Å². The van der Waals surface area contributed by atoms with E-state index in [9.17, 15) is 0 Å². The molecule has 17 heavy (non-hydrogen) atoms. The summed E-state index contributed by atoms with van der Waals surface area (Å²) in [6.45, 7) is 9.88. The molecule has 1 fully saturated rings. The van der Waals surface area contributed by atoms with E-state index in [-0.39, 0.29) is 0 Å². The number of nitrogens with zero attached hydrogens (tertiary/aromatic N) is 1. The van der Waals surface area contributed by atoms with Gasteiger partial charge >= 0.3 is 0 Å². The fourth-order valence-corrected chi connectivity index (χ4v) is 2.79. The van der Waals surface area contributed by atoms with Crippen molar-refractivity contribution in [3.05, 3.63) is 42.0 Å². The lowest BCUT2D eigenvalue weighted by atomic mass is 9.89. The SMILES string of the molecule is C=Cc1cccc([C@@H]2CCCN(CCC)C2)c1. The van der Waals surface area contributed by atoms with Crippen molar-refractivity contribution in [1.82, 2.24) is 4.90 Å². The van der Waals surface area contributed by atoms with Gasteiger partial charge in [-0.3, -0.25) is 0 Å². The lowest BCUT2D eigenvalue weighted by molar-refractivity contribution is 0.208. The highest BCUT2D eigenvalue weighted by Gasteiger charge is 2.20. The first-order valence-electron chi connectivity index (χ1n) is 6.78. The molecule has 2 rings (SSSR count). The zero-order valence-corrected chi connectivity index (χ0v) is 10.9. The van der Waals surface area contributed by atoms with Gasteiger partial charge in [-0.1, -0.05) is 43.8 Å². The Bertz CT molecular complexity index is 368. The summed E-state index contributed by atoms with van der Waals surface area (Å²) in [4.78, 5) is 2.61. The van der Waals surface area contributed by atoms with E-state index in [0.29, 0.717) is 0 Å². The first kappa shape index (κ1) is 12.4. The van der Waals surface area contributed by atoms with E-state index >= 15 is 0 Å². The number of hydrogen-bond acceptors (Lipinski definition) is 1. The number of benzene rings is 1. The van der Waals surface area contributed by atoms with Gasteiger partial charge in [0.2, 0.25) is 0 Å². The second-order valence-corrected chi connectivity index (χ2v) is 5.01. The topological polar surface area (TPSA) is 3.24 Å². The molecule has 1 atom stereocenters. The minimum absolute atomic E-state index is 0.718. The molecule has 0 aliphatic carbocycles. The lowest BCUT2D eigenvalue weighted by Crippen LogP contribution is -2.34. The van der Waals surface area contributed by atoms with Gasteiger partial charge < -0.3 is 4.90 Å². The van der Waals surface area contributed by atoms with Crippen molar-refractivity contribution in [1.29, 1.82) is 0 Å². The Kier molecular flexibility index (Phi) is 4.38. The molecule has 1 heteroatoms. The van der Waals surface area contributed by atoms with Crippen LogP contribution in [0.1, 0.15) is 43.2 Å². The maximum absolute atomic E-state index is 3.85. The van der Waals surface area contributed by atoms with Crippen LogP contribution in [0.3, 0.4) is 0 Å². The summed E-state index contributed by atoms with van der Waals surface area (Å²) < 4.78 is 0. The van der Waals surface area contributed by atoms with Gasteiger partial charge in [0.05, 0.1) is 0 Å². The summed E-state index contributed by atoms with van der Waals surface area (Å²) >= 11 is 0. The van der Waals surface area contributed by atoms with Crippen LogP contribution in [0.25, 0.3) is 6.08 Å². The van der Waals surface area contributed by atoms with E-state index in [0.717, 1.165) is 5.92 Å². The van der Waals surface area contributed by atoms with Gasteiger partial charge in [-0.25, -0.2) is 0 Å². The van der Waals surface area contributed by atoms with Crippen LogP contribution < -0.4 is 0 Å². The Hall–Kier alpha value is -1.08. The van der Waals surface area contributed by atoms with E-state index in [1.807, 2.05) is 6.08 Å². The zero-order chi connectivity index (χ0) is 12.1. The maximum atomic E-state index is 3.85. The van der Waals surface area contributed by atoms with Crippen LogP contribution >= 0.6 is 0 Å². The van der Waals surface area contributed by atoms with Gasteiger partial charge in [-0.2, -0.15) is 0 Å². The molecule has 1 aliphatic rings. The highest BCUT2D eigenvalue weighted by atomic mass is 15.1. The Morgan fingerprint density at radius 1 is 1.47 bits per heavy atom. The van der Waals surface area contributed by atoms with Gasteiger partial charge in [-0.15, -0.1) is 0 Å². The average Bonchev–Trinajstić information content (AvgIpc) is 2.40. The molecule has 0 radical (unpaired) electrons. The highest BCUT2D eigenvalue weighted by Crippen LogP contribution is 2.27. The van der Waals surface area contributed by atoms with Crippen LogP contribution in [0.2, 0.25) is 0 Å². The molecule has 0 N–H and O–H groups in total. The molecule has 0 saturated carbocycles. The largest absolute Gasteiger partial charge is 0.303 e. The van der Waals surface area contributed by atoms with E-state index in [1.165, 1.54) is 50.0 Å². The minimum Gasteiger partial charge on any atom is -0.303 e. The molecule has 0 bridgehead atoms. The van der Waals surface area contributed by atoms with Crippen molar-refractivity contribution in [2.24, 2.45) is 0 Å². The van der Waals surface area contributed by atoms with Crippen LogP contribution in [0.5, 0.6) is 0 Å².